The van der Waals surface area contributed by atoms with Crippen LogP contribution >= 0.6 is 0 Å². The molecule has 0 fully saturated rings. The molecule has 0 amide bonds. The maximum atomic E-state index is 11.8. The van der Waals surface area contributed by atoms with E-state index in [0.717, 1.165) is 17.1 Å². The molecule has 112 valence electrons. The summed E-state index contributed by atoms with van der Waals surface area (Å²) < 4.78 is 37.4. The van der Waals surface area contributed by atoms with Gasteiger partial charge in [0, 0.05) is 6.07 Å². The summed E-state index contributed by atoms with van der Waals surface area (Å²) in [6.07, 6.45) is 0.603. The van der Waals surface area contributed by atoms with Gasteiger partial charge in [-0.1, -0.05) is 6.07 Å². The van der Waals surface area contributed by atoms with Crippen molar-refractivity contribution in [3.63, 3.8) is 0 Å². The van der Waals surface area contributed by atoms with Crippen molar-refractivity contribution < 1.29 is 17.9 Å². The van der Waals surface area contributed by atoms with Gasteiger partial charge in [0.2, 0.25) is 10.0 Å². The summed E-state index contributed by atoms with van der Waals surface area (Å²) in [5, 5.41) is 0. The molecule has 0 bridgehead atoms. The molecule has 1 unspecified atom stereocenters. The van der Waals surface area contributed by atoms with Crippen molar-refractivity contribution in [2.24, 2.45) is 0 Å². The fourth-order valence-electron chi connectivity index (χ4n) is 2.23. The van der Waals surface area contributed by atoms with Crippen molar-refractivity contribution in [2.75, 3.05) is 12.9 Å². The molecule has 1 aromatic carbocycles. The Balaban J connectivity index is 2.30. The highest BCUT2D eigenvalue weighted by Crippen LogP contribution is 2.35. The highest BCUT2D eigenvalue weighted by Gasteiger charge is 2.39. The molecule has 1 N–H and O–H groups in total. The Morgan fingerprint density at radius 1 is 1.45 bits per heavy atom. The Labute approximate surface area is 120 Å². The van der Waals surface area contributed by atoms with Gasteiger partial charge in [-0.05, 0) is 38.8 Å². The molecule has 0 saturated heterocycles. The zero-order valence-electron chi connectivity index (χ0n) is 12.3. The second-order valence-corrected chi connectivity index (χ2v) is 7.50. The zero-order valence-corrected chi connectivity index (χ0v) is 13.1. The van der Waals surface area contributed by atoms with Crippen LogP contribution in [0.15, 0.2) is 18.2 Å². The highest BCUT2D eigenvalue weighted by atomic mass is 32.2. The van der Waals surface area contributed by atoms with Crippen molar-refractivity contribution in [3.8, 4) is 11.5 Å². The standard InChI is InChI=1S/C14H21NO4S/c1-5-20(16,17)15-13-8-10-6-7-11(18-4)9-12(10)19-14(13,2)3/h6-7,9,13,15H,5,8H2,1-4H3. The Bertz CT molecular complexity index is 595. The van der Waals surface area contributed by atoms with Crippen molar-refractivity contribution in [1.82, 2.24) is 4.72 Å². The van der Waals surface area contributed by atoms with Gasteiger partial charge >= 0.3 is 0 Å². The van der Waals surface area contributed by atoms with E-state index >= 15 is 0 Å². The van der Waals surface area contributed by atoms with Crippen LogP contribution in [-0.4, -0.2) is 32.9 Å². The van der Waals surface area contributed by atoms with E-state index in [0.29, 0.717) is 6.42 Å². The number of rotatable bonds is 4. The number of ether oxygens (including phenoxy) is 2. The number of fused-ring (bicyclic) bond motifs is 1. The quantitative estimate of drug-likeness (QED) is 0.919. The molecule has 6 heteroatoms. The average Bonchev–Trinajstić information content (AvgIpc) is 2.38. The van der Waals surface area contributed by atoms with Crippen LogP contribution in [0.5, 0.6) is 11.5 Å². The van der Waals surface area contributed by atoms with Gasteiger partial charge in [0.15, 0.2) is 0 Å². The predicted octanol–water partition coefficient (Wildman–Crippen LogP) is 1.72. The summed E-state index contributed by atoms with van der Waals surface area (Å²) in [5.74, 6) is 1.54. The summed E-state index contributed by atoms with van der Waals surface area (Å²) in [4.78, 5) is 0. The number of hydrogen-bond acceptors (Lipinski definition) is 4. The minimum atomic E-state index is -3.26. The maximum Gasteiger partial charge on any atom is 0.211 e. The van der Waals surface area contributed by atoms with Crippen molar-refractivity contribution >= 4 is 10.0 Å². The normalized spacial score (nSPS) is 20.9. The second kappa shape index (κ2) is 5.26. The first-order chi connectivity index (χ1) is 9.27. The number of benzene rings is 1. The van der Waals surface area contributed by atoms with E-state index in [1.807, 2.05) is 32.0 Å². The van der Waals surface area contributed by atoms with Crippen molar-refractivity contribution in [1.29, 1.82) is 0 Å². The van der Waals surface area contributed by atoms with Gasteiger partial charge in [-0.2, -0.15) is 0 Å². The molecule has 20 heavy (non-hydrogen) atoms. The van der Waals surface area contributed by atoms with Crippen LogP contribution in [-0.2, 0) is 16.4 Å². The van der Waals surface area contributed by atoms with Crippen LogP contribution in [0, 0.1) is 0 Å². The van der Waals surface area contributed by atoms with E-state index in [4.69, 9.17) is 9.47 Å². The van der Waals surface area contributed by atoms with Gasteiger partial charge in [-0.3, -0.25) is 0 Å². The first kappa shape index (κ1) is 15.1. The van der Waals surface area contributed by atoms with E-state index in [2.05, 4.69) is 4.72 Å². The minimum Gasteiger partial charge on any atom is -0.497 e. The third-order valence-electron chi connectivity index (χ3n) is 3.61. The smallest absolute Gasteiger partial charge is 0.211 e. The second-order valence-electron chi connectivity index (χ2n) is 5.46. The molecule has 1 aromatic rings. The van der Waals surface area contributed by atoms with E-state index < -0.39 is 15.6 Å². The van der Waals surface area contributed by atoms with Gasteiger partial charge in [-0.15, -0.1) is 0 Å². The van der Waals surface area contributed by atoms with E-state index in [1.165, 1.54) is 0 Å². The molecule has 1 heterocycles. The van der Waals surface area contributed by atoms with Gasteiger partial charge < -0.3 is 9.47 Å². The molecule has 0 saturated carbocycles. The molecule has 1 atom stereocenters. The fraction of sp³-hybridized carbons (Fsp3) is 0.571. The van der Waals surface area contributed by atoms with Gasteiger partial charge in [-0.25, -0.2) is 13.1 Å². The lowest BCUT2D eigenvalue weighted by atomic mass is 9.89. The number of sulfonamides is 1. The lowest BCUT2D eigenvalue weighted by Gasteiger charge is -2.40. The summed E-state index contributed by atoms with van der Waals surface area (Å²) in [6, 6.07) is 5.32. The molecule has 0 spiro atoms. The third kappa shape index (κ3) is 3.07. The summed E-state index contributed by atoms with van der Waals surface area (Å²) >= 11 is 0. The number of nitrogens with one attached hydrogen (secondary N) is 1. The molecular formula is C14H21NO4S. The summed E-state index contributed by atoms with van der Waals surface area (Å²) in [7, 11) is -1.66. The van der Waals surface area contributed by atoms with Gasteiger partial charge in [0.05, 0.1) is 18.9 Å². The monoisotopic (exact) mass is 299 g/mol. The highest BCUT2D eigenvalue weighted by molar-refractivity contribution is 7.89. The van der Waals surface area contributed by atoms with Gasteiger partial charge in [0.1, 0.15) is 17.1 Å². The van der Waals surface area contributed by atoms with Crippen LogP contribution in [0.3, 0.4) is 0 Å². The lowest BCUT2D eigenvalue weighted by Crippen LogP contribution is -2.56. The molecule has 0 radical (unpaired) electrons. The van der Waals surface area contributed by atoms with Crippen LogP contribution in [0.4, 0.5) is 0 Å². The van der Waals surface area contributed by atoms with E-state index in [9.17, 15) is 8.42 Å². The number of hydrogen-bond donors (Lipinski definition) is 1. The maximum absolute atomic E-state index is 11.8. The minimum absolute atomic E-state index is 0.0645. The Morgan fingerprint density at radius 3 is 2.75 bits per heavy atom. The first-order valence-corrected chi connectivity index (χ1v) is 8.28. The topological polar surface area (TPSA) is 64.6 Å². The molecule has 1 aliphatic rings. The fourth-order valence-corrected chi connectivity index (χ4v) is 3.20. The molecular weight excluding hydrogens is 278 g/mol. The Hall–Kier alpha value is -1.27. The summed E-state index contributed by atoms with van der Waals surface area (Å²) in [5.41, 5.74) is 0.371. The van der Waals surface area contributed by atoms with E-state index in [1.54, 1.807) is 14.0 Å². The molecule has 1 aliphatic heterocycles. The van der Waals surface area contributed by atoms with Crippen molar-refractivity contribution in [3.05, 3.63) is 23.8 Å². The molecule has 0 aromatic heterocycles. The molecule has 5 nitrogen and oxygen atoms in total. The molecule has 0 aliphatic carbocycles. The van der Waals surface area contributed by atoms with Crippen molar-refractivity contribution in [2.45, 2.75) is 38.8 Å². The Morgan fingerprint density at radius 2 is 2.15 bits per heavy atom. The van der Waals surface area contributed by atoms with Crippen LogP contribution in [0.2, 0.25) is 0 Å². The SMILES string of the molecule is CCS(=O)(=O)NC1Cc2ccc(OC)cc2OC1(C)C. The molecule has 2 rings (SSSR count). The lowest BCUT2D eigenvalue weighted by molar-refractivity contribution is 0.0572. The number of methoxy groups -OCH3 is 1. The van der Waals surface area contributed by atoms with Crippen LogP contribution in [0.25, 0.3) is 0 Å². The third-order valence-corrected chi connectivity index (χ3v) is 5.02. The van der Waals surface area contributed by atoms with E-state index in [-0.39, 0.29) is 11.8 Å². The van der Waals surface area contributed by atoms with Gasteiger partial charge in [0.25, 0.3) is 0 Å². The van der Waals surface area contributed by atoms with Crippen LogP contribution < -0.4 is 14.2 Å². The van der Waals surface area contributed by atoms with Crippen LogP contribution in [0.1, 0.15) is 26.3 Å². The largest absolute Gasteiger partial charge is 0.497 e. The predicted molar refractivity (Wildman–Crippen MR) is 77.8 cm³/mol. The Kier molecular flexibility index (Phi) is 3.97. The average molecular weight is 299 g/mol. The first-order valence-electron chi connectivity index (χ1n) is 6.63. The summed E-state index contributed by atoms with van der Waals surface area (Å²) in [6.45, 7) is 5.40. The zero-order chi connectivity index (χ0) is 15.0.